The Morgan fingerprint density at radius 3 is 2.31 bits per heavy atom. The van der Waals surface area contributed by atoms with E-state index in [4.69, 9.17) is 10.5 Å². The Hall–Kier alpha value is -3.01. The van der Waals surface area contributed by atoms with E-state index in [-0.39, 0.29) is 11.0 Å². The Bertz CT molecular complexity index is 1080. The molecule has 0 atom stereocenters. The van der Waals surface area contributed by atoms with Crippen molar-refractivity contribution < 1.29 is 4.74 Å². The molecule has 0 fully saturated rings. The first kappa shape index (κ1) is 20.7. The number of pyridine rings is 1. The number of hydrogen-bond donors (Lipinski definition) is 1. The van der Waals surface area contributed by atoms with Crippen LogP contribution in [0.2, 0.25) is 0 Å². The van der Waals surface area contributed by atoms with Crippen molar-refractivity contribution in [3.05, 3.63) is 82.1 Å². The van der Waals surface area contributed by atoms with Crippen LogP contribution >= 0.6 is 0 Å². The van der Waals surface area contributed by atoms with Gasteiger partial charge in [0, 0.05) is 42.0 Å². The Morgan fingerprint density at radius 2 is 1.69 bits per heavy atom. The summed E-state index contributed by atoms with van der Waals surface area (Å²) in [7, 11) is 1.77. The SMILES string of the molecule is Cc1cccc(C)c1Oc1ccc(N)cc1-c1cc([CH]C(C)(C)C)c(=O)n(C)c1. The van der Waals surface area contributed by atoms with Crippen molar-refractivity contribution in [2.75, 3.05) is 5.73 Å². The Kier molecular flexibility index (Phi) is 5.56. The number of para-hydroxylation sites is 1. The fraction of sp³-hybridized carbons (Fsp3) is 0.280. The number of nitrogens with two attached hydrogens (primary N) is 1. The standard InChI is InChI=1S/C25H29N2O2/c1-16-8-7-9-17(2)23(16)29-22-11-10-20(26)13-21(22)19-12-18(14-25(3,4)5)24(28)27(6)15-19/h7-15H,26H2,1-6H3. The smallest absolute Gasteiger partial charge is 0.253 e. The molecule has 0 unspecified atom stereocenters. The monoisotopic (exact) mass is 389 g/mol. The minimum absolute atomic E-state index is 0.0233. The molecular weight excluding hydrogens is 360 g/mol. The van der Waals surface area contributed by atoms with Gasteiger partial charge in [0.05, 0.1) is 0 Å². The van der Waals surface area contributed by atoms with Crippen molar-refractivity contribution in [2.45, 2.75) is 34.6 Å². The first-order valence-corrected chi connectivity index (χ1v) is 9.76. The number of ether oxygens (including phenoxy) is 1. The lowest BCUT2D eigenvalue weighted by Crippen LogP contribution is -2.23. The van der Waals surface area contributed by atoms with Gasteiger partial charge >= 0.3 is 0 Å². The molecule has 0 amide bonds. The maximum absolute atomic E-state index is 12.6. The summed E-state index contributed by atoms with van der Waals surface area (Å²) in [5.74, 6) is 1.54. The normalized spacial score (nSPS) is 11.5. The summed E-state index contributed by atoms with van der Waals surface area (Å²) >= 11 is 0. The van der Waals surface area contributed by atoms with E-state index in [0.717, 1.165) is 28.0 Å². The van der Waals surface area contributed by atoms with Crippen LogP contribution in [0.4, 0.5) is 5.69 Å². The number of rotatable bonds is 4. The molecule has 0 aliphatic heterocycles. The number of anilines is 1. The minimum Gasteiger partial charge on any atom is -0.456 e. The second-order valence-corrected chi connectivity index (χ2v) is 8.69. The van der Waals surface area contributed by atoms with Crippen LogP contribution in [0.1, 0.15) is 37.5 Å². The topological polar surface area (TPSA) is 57.2 Å². The zero-order valence-electron chi connectivity index (χ0n) is 18.0. The lowest BCUT2D eigenvalue weighted by Gasteiger charge is -2.19. The predicted octanol–water partition coefficient (Wildman–Crippen LogP) is 5.64. The summed E-state index contributed by atoms with van der Waals surface area (Å²) < 4.78 is 7.95. The third kappa shape index (κ3) is 4.70. The molecular formula is C25H29N2O2. The molecule has 151 valence electrons. The molecule has 1 radical (unpaired) electrons. The zero-order chi connectivity index (χ0) is 21.3. The van der Waals surface area contributed by atoms with Crippen LogP contribution in [0.25, 0.3) is 11.1 Å². The van der Waals surface area contributed by atoms with Crippen molar-refractivity contribution in [2.24, 2.45) is 12.5 Å². The summed E-state index contributed by atoms with van der Waals surface area (Å²) in [4.78, 5) is 12.6. The van der Waals surface area contributed by atoms with E-state index in [0.29, 0.717) is 17.0 Å². The van der Waals surface area contributed by atoms with Crippen LogP contribution in [0.5, 0.6) is 11.5 Å². The second kappa shape index (κ2) is 7.78. The Labute approximate surface area is 173 Å². The number of nitrogen functional groups attached to an aromatic ring is 1. The van der Waals surface area contributed by atoms with Crippen LogP contribution in [0.3, 0.4) is 0 Å². The van der Waals surface area contributed by atoms with E-state index in [9.17, 15) is 4.79 Å². The third-order valence-corrected chi connectivity index (χ3v) is 4.73. The quantitative estimate of drug-likeness (QED) is 0.587. The average Bonchev–Trinajstić information content (AvgIpc) is 2.62. The first-order chi connectivity index (χ1) is 13.5. The van der Waals surface area contributed by atoms with E-state index in [2.05, 4.69) is 20.8 Å². The highest BCUT2D eigenvalue weighted by Gasteiger charge is 2.18. The van der Waals surface area contributed by atoms with Crippen molar-refractivity contribution in [3.8, 4) is 22.6 Å². The molecule has 0 bridgehead atoms. The van der Waals surface area contributed by atoms with E-state index in [1.807, 2.05) is 68.9 Å². The maximum atomic E-state index is 12.6. The lowest BCUT2D eigenvalue weighted by atomic mass is 9.88. The van der Waals surface area contributed by atoms with Gasteiger partial charge in [0.25, 0.3) is 5.56 Å². The van der Waals surface area contributed by atoms with Gasteiger partial charge in [0.1, 0.15) is 11.5 Å². The number of nitrogens with zero attached hydrogens (tertiary/aromatic N) is 1. The summed E-state index contributed by atoms with van der Waals surface area (Å²) in [5, 5.41) is 0. The van der Waals surface area contributed by atoms with Gasteiger partial charge in [-0.3, -0.25) is 4.79 Å². The summed E-state index contributed by atoms with van der Waals surface area (Å²) in [6.45, 7) is 10.3. The van der Waals surface area contributed by atoms with Gasteiger partial charge in [-0.2, -0.15) is 0 Å². The predicted molar refractivity (Wildman–Crippen MR) is 120 cm³/mol. The number of hydrogen-bond acceptors (Lipinski definition) is 3. The van der Waals surface area contributed by atoms with Gasteiger partial charge in [-0.25, -0.2) is 0 Å². The van der Waals surface area contributed by atoms with Gasteiger partial charge in [-0.1, -0.05) is 39.0 Å². The maximum Gasteiger partial charge on any atom is 0.253 e. The molecule has 3 rings (SSSR count). The molecule has 0 saturated heterocycles. The van der Waals surface area contributed by atoms with Crippen molar-refractivity contribution >= 4 is 5.69 Å². The van der Waals surface area contributed by atoms with E-state index >= 15 is 0 Å². The highest BCUT2D eigenvalue weighted by molar-refractivity contribution is 5.74. The molecule has 3 aromatic rings. The average molecular weight is 390 g/mol. The molecule has 4 nitrogen and oxygen atoms in total. The number of aryl methyl sites for hydroxylation is 3. The third-order valence-electron chi connectivity index (χ3n) is 4.73. The molecule has 0 spiro atoms. The molecule has 1 aromatic heterocycles. The number of benzene rings is 2. The van der Waals surface area contributed by atoms with Crippen molar-refractivity contribution in [1.82, 2.24) is 4.57 Å². The van der Waals surface area contributed by atoms with Gasteiger partial charge in [-0.15, -0.1) is 0 Å². The summed E-state index contributed by atoms with van der Waals surface area (Å²) in [6, 6.07) is 13.6. The summed E-state index contributed by atoms with van der Waals surface area (Å²) in [5.41, 5.74) is 11.1. The van der Waals surface area contributed by atoms with Gasteiger partial charge < -0.3 is 15.0 Å². The van der Waals surface area contributed by atoms with E-state index in [1.165, 1.54) is 0 Å². The van der Waals surface area contributed by atoms with Crippen molar-refractivity contribution in [1.29, 1.82) is 0 Å². The highest BCUT2D eigenvalue weighted by Crippen LogP contribution is 2.37. The molecule has 2 N–H and O–H groups in total. The van der Waals surface area contributed by atoms with Gasteiger partial charge in [-0.05, 0) is 54.7 Å². The lowest BCUT2D eigenvalue weighted by molar-refractivity contribution is 0.477. The second-order valence-electron chi connectivity index (χ2n) is 8.69. The molecule has 0 aliphatic rings. The number of aromatic nitrogens is 1. The van der Waals surface area contributed by atoms with Crippen LogP contribution < -0.4 is 16.0 Å². The van der Waals surface area contributed by atoms with Crippen LogP contribution in [0, 0.1) is 25.7 Å². The Balaban J connectivity index is 2.14. The fourth-order valence-electron chi connectivity index (χ4n) is 3.39. The van der Waals surface area contributed by atoms with E-state index in [1.54, 1.807) is 11.6 Å². The van der Waals surface area contributed by atoms with Gasteiger partial charge in [0.15, 0.2) is 0 Å². The highest BCUT2D eigenvalue weighted by atomic mass is 16.5. The van der Waals surface area contributed by atoms with Gasteiger partial charge in [0.2, 0.25) is 0 Å². The summed E-state index contributed by atoms with van der Waals surface area (Å²) in [6.07, 6.45) is 3.83. The molecule has 2 aromatic carbocycles. The van der Waals surface area contributed by atoms with E-state index < -0.39 is 0 Å². The molecule has 0 aliphatic carbocycles. The first-order valence-electron chi connectivity index (χ1n) is 9.76. The zero-order valence-corrected chi connectivity index (χ0v) is 18.0. The largest absolute Gasteiger partial charge is 0.456 e. The fourth-order valence-corrected chi connectivity index (χ4v) is 3.39. The molecule has 4 heteroatoms. The minimum atomic E-state index is -0.113. The molecule has 29 heavy (non-hydrogen) atoms. The molecule has 0 saturated carbocycles. The van der Waals surface area contributed by atoms with Crippen LogP contribution in [0.15, 0.2) is 53.5 Å². The molecule has 1 heterocycles. The van der Waals surface area contributed by atoms with Crippen LogP contribution in [-0.2, 0) is 7.05 Å². The Morgan fingerprint density at radius 1 is 1.03 bits per heavy atom. The van der Waals surface area contributed by atoms with Crippen LogP contribution in [-0.4, -0.2) is 4.57 Å². The van der Waals surface area contributed by atoms with Crippen molar-refractivity contribution in [3.63, 3.8) is 0 Å².